The Kier molecular flexibility index (Phi) is 5.28. The molecule has 1 aliphatic rings. The first-order valence-corrected chi connectivity index (χ1v) is 8.67. The SMILES string of the molecule is CCc1ccc(NC2=C(Cl)C(=O)N(c3ccccc3C(=O)OC)C2=O)cc1. The van der Waals surface area contributed by atoms with Crippen LogP contribution in [0.5, 0.6) is 0 Å². The largest absolute Gasteiger partial charge is 0.465 e. The Labute approximate surface area is 161 Å². The van der Waals surface area contributed by atoms with Crippen LogP contribution < -0.4 is 10.2 Å². The van der Waals surface area contributed by atoms with E-state index in [0.717, 1.165) is 16.9 Å². The summed E-state index contributed by atoms with van der Waals surface area (Å²) in [6.45, 7) is 2.04. The van der Waals surface area contributed by atoms with E-state index in [2.05, 4.69) is 5.32 Å². The number of carbonyl (C=O) groups is 3. The predicted octanol–water partition coefficient (Wildman–Crippen LogP) is 3.47. The van der Waals surface area contributed by atoms with E-state index in [0.29, 0.717) is 5.69 Å². The molecule has 0 saturated heterocycles. The molecule has 2 aromatic rings. The molecule has 6 nitrogen and oxygen atoms in total. The van der Waals surface area contributed by atoms with Gasteiger partial charge in [-0.05, 0) is 36.2 Å². The molecule has 0 aliphatic carbocycles. The van der Waals surface area contributed by atoms with Crippen molar-refractivity contribution in [3.05, 3.63) is 70.4 Å². The van der Waals surface area contributed by atoms with Crippen LogP contribution in [0.25, 0.3) is 0 Å². The second-order valence-electron chi connectivity index (χ2n) is 5.82. The van der Waals surface area contributed by atoms with Gasteiger partial charge in [0.25, 0.3) is 11.8 Å². The number of halogens is 1. The third-order valence-corrected chi connectivity index (χ3v) is 4.56. The van der Waals surface area contributed by atoms with E-state index in [1.165, 1.54) is 19.2 Å². The topological polar surface area (TPSA) is 75.7 Å². The average Bonchev–Trinajstić information content (AvgIpc) is 2.91. The molecule has 0 atom stereocenters. The van der Waals surface area contributed by atoms with Crippen LogP contribution in [0.3, 0.4) is 0 Å². The lowest BCUT2D eigenvalue weighted by atomic mass is 10.1. The lowest BCUT2D eigenvalue weighted by Crippen LogP contribution is -2.33. The van der Waals surface area contributed by atoms with E-state index in [1.807, 2.05) is 19.1 Å². The second-order valence-corrected chi connectivity index (χ2v) is 6.20. The number of carbonyl (C=O) groups excluding carboxylic acids is 3. The maximum absolute atomic E-state index is 12.9. The van der Waals surface area contributed by atoms with Crippen LogP contribution in [0.1, 0.15) is 22.8 Å². The number of anilines is 2. The molecule has 1 N–H and O–H groups in total. The van der Waals surface area contributed by atoms with Gasteiger partial charge in [-0.1, -0.05) is 42.8 Å². The fourth-order valence-electron chi connectivity index (χ4n) is 2.75. The summed E-state index contributed by atoms with van der Waals surface area (Å²) in [6.07, 6.45) is 0.888. The van der Waals surface area contributed by atoms with Gasteiger partial charge in [-0.3, -0.25) is 9.59 Å². The molecule has 0 saturated carbocycles. The van der Waals surface area contributed by atoms with E-state index in [-0.39, 0.29) is 22.0 Å². The number of hydrogen-bond donors (Lipinski definition) is 1. The summed E-state index contributed by atoms with van der Waals surface area (Å²) in [5, 5.41) is 2.67. The van der Waals surface area contributed by atoms with E-state index in [9.17, 15) is 14.4 Å². The molecule has 0 unspecified atom stereocenters. The number of imide groups is 1. The fraction of sp³-hybridized carbons (Fsp3) is 0.150. The molecular weight excluding hydrogens is 368 g/mol. The van der Waals surface area contributed by atoms with Gasteiger partial charge >= 0.3 is 5.97 Å². The van der Waals surface area contributed by atoms with E-state index < -0.39 is 17.8 Å². The van der Waals surface area contributed by atoms with Crippen LogP contribution in [-0.2, 0) is 20.7 Å². The van der Waals surface area contributed by atoms with Crippen LogP contribution in [0.4, 0.5) is 11.4 Å². The van der Waals surface area contributed by atoms with Crippen molar-refractivity contribution < 1.29 is 19.1 Å². The molecule has 1 aliphatic heterocycles. The predicted molar refractivity (Wildman–Crippen MR) is 103 cm³/mol. The molecule has 0 fully saturated rings. The first-order valence-electron chi connectivity index (χ1n) is 8.29. The maximum Gasteiger partial charge on any atom is 0.339 e. The first kappa shape index (κ1) is 18.7. The summed E-state index contributed by atoms with van der Waals surface area (Å²) in [5.74, 6) is -1.99. The Bertz CT molecular complexity index is 951. The number of hydrogen-bond acceptors (Lipinski definition) is 5. The normalized spacial score (nSPS) is 14.0. The minimum atomic E-state index is -0.703. The lowest BCUT2D eigenvalue weighted by Gasteiger charge is -2.17. The highest BCUT2D eigenvalue weighted by Crippen LogP contribution is 2.32. The molecule has 27 heavy (non-hydrogen) atoms. The van der Waals surface area contributed by atoms with Crippen molar-refractivity contribution in [2.45, 2.75) is 13.3 Å². The Balaban J connectivity index is 1.93. The summed E-state index contributed by atoms with van der Waals surface area (Å²) < 4.78 is 4.73. The van der Waals surface area contributed by atoms with E-state index in [4.69, 9.17) is 16.3 Å². The smallest absolute Gasteiger partial charge is 0.339 e. The molecule has 2 amide bonds. The van der Waals surface area contributed by atoms with Crippen molar-refractivity contribution >= 4 is 40.8 Å². The van der Waals surface area contributed by atoms with Crippen LogP contribution in [0, 0.1) is 0 Å². The van der Waals surface area contributed by atoms with Gasteiger partial charge in [0.05, 0.1) is 18.4 Å². The van der Waals surface area contributed by atoms with Crippen molar-refractivity contribution in [2.75, 3.05) is 17.3 Å². The van der Waals surface area contributed by atoms with Crippen molar-refractivity contribution in [1.29, 1.82) is 0 Å². The van der Waals surface area contributed by atoms with Crippen LogP contribution >= 0.6 is 11.6 Å². The summed E-state index contributed by atoms with van der Waals surface area (Å²) in [7, 11) is 1.23. The highest BCUT2D eigenvalue weighted by Gasteiger charge is 2.40. The minimum absolute atomic E-state index is 0.0365. The maximum atomic E-state index is 12.9. The second kappa shape index (κ2) is 7.63. The van der Waals surface area contributed by atoms with Crippen LogP contribution in [0.2, 0.25) is 0 Å². The molecule has 0 aromatic heterocycles. The van der Waals surface area contributed by atoms with Crippen molar-refractivity contribution in [1.82, 2.24) is 0 Å². The molecule has 0 spiro atoms. The van der Waals surface area contributed by atoms with Gasteiger partial charge < -0.3 is 10.1 Å². The van der Waals surface area contributed by atoms with E-state index >= 15 is 0 Å². The Morgan fingerprint density at radius 3 is 2.37 bits per heavy atom. The van der Waals surface area contributed by atoms with Gasteiger partial charge in [0.2, 0.25) is 0 Å². The standard InChI is InChI=1S/C20H17ClN2O4/c1-3-12-8-10-13(11-9-12)22-17-16(21)18(24)23(19(17)25)15-7-5-4-6-14(15)20(26)27-2/h4-11,22H,3H2,1-2H3. The molecule has 3 rings (SSSR count). The minimum Gasteiger partial charge on any atom is -0.465 e. The molecular formula is C20H17ClN2O4. The molecule has 2 aromatic carbocycles. The monoisotopic (exact) mass is 384 g/mol. The first-order chi connectivity index (χ1) is 13.0. The molecule has 138 valence electrons. The zero-order valence-corrected chi connectivity index (χ0v) is 15.5. The highest BCUT2D eigenvalue weighted by molar-refractivity contribution is 6.53. The Hall–Kier alpha value is -3.12. The number of nitrogens with one attached hydrogen (secondary N) is 1. The highest BCUT2D eigenvalue weighted by atomic mass is 35.5. The number of amides is 2. The van der Waals surface area contributed by atoms with Crippen molar-refractivity contribution in [3.63, 3.8) is 0 Å². The van der Waals surface area contributed by atoms with Gasteiger partial charge in [-0.15, -0.1) is 0 Å². The van der Waals surface area contributed by atoms with Crippen LogP contribution in [0.15, 0.2) is 59.3 Å². The number of esters is 1. The van der Waals surface area contributed by atoms with Gasteiger partial charge in [0.1, 0.15) is 10.7 Å². The third-order valence-electron chi connectivity index (χ3n) is 4.21. The number of benzene rings is 2. The number of rotatable bonds is 5. The fourth-order valence-corrected chi connectivity index (χ4v) is 2.96. The van der Waals surface area contributed by atoms with Gasteiger partial charge in [0.15, 0.2) is 0 Å². The number of methoxy groups -OCH3 is 1. The van der Waals surface area contributed by atoms with Gasteiger partial charge in [-0.2, -0.15) is 0 Å². The number of ether oxygens (including phenoxy) is 1. The number of aryl methyl sites for hydroxylation is 1. The van der Waals surface area contributed by atoms with E-state index in [1.54, 1.807) is 24.3 Å². The summed E-state index contributed by atoms with van der Waals surface area (Å²) in [6, 6.07) is 13.6. The van der Waals surface area contributed by atoms with Gasteiger partial charge in [-0.25, -0.2) is 9.69 Å². The van der Waals surface area contributed by atoms with Crippen molar-refractivity contribution in [2.24, 2.45) is 0 Å². The zero-order valence-electron chi connectivity index (χ0n) is 14.8. The quantitative estimate of drug-likeness (QED) is 0.631. The zero-order chi connectivity index (χ0) is 19.6. The molecule has 7 heteroatoms. The number of para-hydroxylation sites is 1. The molecule has 1 heterocycles. The lowest BCUT2D eigenvalue weighted by molar-refractivity contribution is -0.120. The Morgan fingerprint density at radius 2 is 1.74 bits per heavy atom. The molecule has 0 bridgehead atoms. The summed E-state index contributed by atoms with van der Waals surface area (Å²) >= 11 is 6.13. The molecule has 0 radical (unpaired) electrons. The number of nitrogens with zero attached hydrogens (tertiary/aromatic N) is 1. The average molecular weight is 385 g/mol. The Morgan fingerprint density at radius 1 is 1.07 bits per heavy atom. The summed E-state index contributed by atoms with van der Waals surface area (Å²) in [4.78, 5) is 38.3. The third kappa shape index (κ3) is 3.44. The van der Waals surface area contributed by atoms with Crippen molar-refractivity contribution in [3.8, 4) is 0 Å². The summed E-state index contributed by atoms with van der Waals surface area (Å²) in [5.41, 5.74) is 1.95. The van der Waals surface area contributed by atoms with Gasteiger partial charge in [0, 0.05) is 5.69 Å². The van der Waals surface area contributed by atoms with Crippen LogP contribution in [-0.4, -0.2) is 24.9 Å².